The van der Waals surface area contributed by atoms with Crippen molar-refractivity contribution in [3.8, 4) is 5.75 Å². The molecule has 2 saturated heterocycles. The van der Waals surface area contributed by atoms with E-state index in [1.807, 2.05) is 0 Å². The van der Waals surface area contributed by atoms with Crippen LogP contribution in [0.2, 0.25) is 0 Å². The molecule has 1 unspecified atom stereocenters. The highest BCUT2D eigenvalue weighted by molar-refractivity contribution is 14.0. The molecule has 2 aliphatic heterocycles. The number of likely N-dealkylation sites (tertiary alicyclic amines) is 2. The zero-order valence-electron chi connectivity index (χ0n) is 15.3. The van der Waals surface area contributed by atoms with Gasteiger partial charge in [0.1, 0.15) is 11.6 Å². The van der Waals surface area contributed by atoms with E-state index < -0.39 is 12.4 Å². The Hall–Kier alpha value is -1.23. The van der Waals surface area contributed by atoms with Crippen LogP contribution < -0.4 is 10.1 Å². The molecule has 9 heteroatoms. The van der Waals surface area contributed by atoms with Gasteiger partial charge in [-0.05, 0) is 44.5 Å². The zero-order valence-corrected chi connectivity index (χ0v) is 17.7. The van der Waals surface area contributed by atoms with E-state index in [0.29, 0.717) is 12.0 Å². The lowest BCUT2D eigenvalue weighted by atomic mass is 10.2. The molecule has 1 aromatic carbocycles. The van der Waals surface area contributed by atoms with Crippen LogP contribution >= 0.6 is 24.0 Å². The van der Waals surface area contributed by atoms with Gasteiger partial charge in [-0.3, -0.25) is 9.89 Å². The van der Waals surface area contributed by atoms with Gasteiger partial charge in [-0.25, -0.2) is 4.39 Å². The van der Waals surface area contributed by atoms with Crippen molar-refractivity contribution in [3.05, 3.63) is 29.6 Å². The first kappa shape index (κ1) is 22.1. The molecular formula is C18H26F3IN4O. The quantitative estimate of drug-likeness (QED) is 0.385. The van der Waals surface area contributed by atoms with Gasteiger partial charge in [0.25, 0.3) is 0 Å². The van der Waals surface area contributed by atoms with Crippen molar-refractivity contribution < 1.29 is 17.9 Å². The van der Waals surface area contributed by atoms with Gasteiger partial charge in [0.15, 0.2) is 5.96 Å². The average molecular weight is 498 g/mol. The summed E-state index contributed by atoms with van der Waals surface area (Å²) in [5.74, 6) is -0.0836. The third-order valence-electron chi connectivity index (χ3n) is 5.05. The Balaban J connectivity index is 0.00000261. The Kier molecular flexibility index (Phi) is 8.46. The van der Waals surface area contributed by atoms with Crippen molar-refractivity contribution in [2.24, 2.45) is 4.99 Å². The van der Waals surface area contributed by atoms with E-state index in [4.69, 9.17) is 0 Å². The van der Waals surface area contributed by atoms with Crippen molar-refractivity contribution >= 4 is 29.9 Å². The summed E-state index contributed by atoms with van der Waals surface area (Å²) in [7, 11) is 1.67. The first-order chi connectivity index (χ1) is 12.6. The lowest BCUT2D eigenvalue weighted by Gasteiger charge is -2.25. The average Bonchev–Trinajstić information content (AvgIpc) is 3.28. The number of benzene rings is 1. The minimum absolute atomic E-state index is 0. The zero-order chi connectivity index (χ0) is 18.5. The number of nitrogens with zero attached hydrogens (tertiary/aromatic N) is 3. The molecule has 0 aliphatic carbocycles. The summed E-state index contributed by atoms with van der Waals surface area (Å²) in [5.41, 5.74) is 0.0734. The molecule has 2 heterocycles. The Morgan fingerprint density at radius 2 is 2.04 bits per heavy atom. The molecule has 0 spiro atoms. The fourth-order valence-corrected chi connectivity index (χ4v) is 3.76. The van der Waals surface area contributed by atoms with Gasteiger partial charge in [-0.15, -0.1) is 24.0 Å². The van der Waals surface area contributed by atoms with Gasteiger partial charge in [0.05, 0.1) is 0 Å². The van der Waals surface area contributed by atoms with Crippen molar-refractivity contribution in [3.63, 3.8) is 0 Å². The Morgan fingerprint density at radius 1 is 1.30 bits per heavy atom. The summed E-state index contributed by atoms with van der Waals surface area (Å²) < 4.78 is 43.6. The summed E-state index contributed by atoms with van der Waals surface area (Å²) in [4.78, 5) is 8.92. The minimum atomic E-state index is -2.99. The number of halogens is 4. The van der Waals surface area contributed by atoms with Crippen molar-refractivity contribution in [1.82, 2.24) is 15.1 Å². The molecule has 1 aromatic rings. The topological polar surface area (TPSA) is 40.1 Å². The number of nitrogens with one attached hydrogen (secondary N) is 1. The lowest BCUT2D eigenvalue weighted by Crippen LogP contribution is -2.42. The molecule has 0 amide bonds. The highest BCUT2D eigenvalue weighted by Gasteiger charge is 2.30. The third-order valence-corrected chi connectivity index (χ3v) is 5.05. The van der Waals surface area contributed by atoms with Crippen LogP contribution in [0, 0.1) is 5.82 Å². The normalized spacial score (nSPS) is 20.9. The number of hydrogen-bond acceptors (Lipinski definition) is 3. The first-order valence-corrected chi connectivity index (χ1v) is 9.00. The van der Waals surface area contributed by atoms with E-state index in [9.17, 15) is 13.2 Å². The smallest absolute Gasteiger partial charge is 0.387 e. The Labute approximate surface area is 175 Å². The van der Waals surface area contributed by atoms with Gasteiger partial charge < -0.3 is 15.0 Å². The Bertz CT molecular complexity index is 641. The predicted octanol–water partition coefficient (Wildman–Crippen LogP) is 3.29. The summed E-state index contributed by atoms with van der Waals surface area (Å²) in [6, 6.07) is 4.44. The summed E-state index contributed by atoms with van der Waals surface area (Å²) >= 11 is 0. The van der Waals surface area contributed by atoms with Crippen LogP contribution in [0.15, 0.2) is 23.2 Å². The summed E-state index contributed by atoms with van der Waals surface area (Å²) in [5, 5.41) is 3.09. The second-order valence-corrected chi connectivity index (χ2v) is 6.63. The molecule has 1 N–H and O–H groups in total. The molecule has 0 aromatic heterocycles. The van der Waals surface area contributed by atoms with Crippen LogP contribution in [-0.4, -0.2) is 61.6 Å². The molecule has 27 heavy (non-hydrogen) atoms. The summed E-state index contributed by atoms with van der Waals surface area (Å²) in [6.45, 7) is 1.08. The second kappa shape index (κ2) is 10.4. The van der Waals surface area contributed by atoms with E-state index >= 15 is 0 Å². The molecule has 0 radical (unpaired) electrons. The molecule has 2 fully saturated rings. The lowest BCUT2D eigenvalue weighted by molar-refractivity contribution is -0.0506. The molecule has 0 bridgehead atoms. The number of alkyl halides is 2. The molecule has 3 rings (SSSR count). The SMILES string of the molecule is CN=C(NCc1c(F)cccc1OC(F)F)N1CCC(N2CCCC2)C1.I. The van der Waals surface area contributed by atoms with Crippen LogP contribution in [-0.2, 0) is 6.54 Å². The molecule has 2 aliphatic rings. The van der Waals surface area contributed by atoms with E-state index in [1.54, 1.807) is 7.05 Å². The molecule has 5 nitrogen and oxygen atoms in total. The molecular weight excluding hydrogens is 472 g/mol. The first-order valence-electron chi connectivity index (χ1n) is 9.00. The molecule has 0 saturated carbocycles. The molecule has 152 valence electrons. The van der Waals surface area contributed by atoms with Crippen LogP contribution in [0.5, 0.6) is 5.75 Å². The summed E-state index contributed by atoms with van der Waals surface area (Å²) in [6.07, 6.45) is 3.58. The van der Waals surface area contributed by atoms with Gasteiger partial charge in [0.2, 0.25) is 0 Å². The van der Waals surface area contributed by atoms with Crippen molar-refractivity contribution in [1.29, 1.82) is 0 Å². The van der Waals surface area contributed by atoms with E-state index in [-0.39, 0.29) is 41.8 Å². The predicted molar refractivity (Wildman–Crippen MR) is 109 cm³/mol. The fourth-order valence-electron chi connectivity index (χ4n) is 3.76. The largest absolute Gasteiger partial charge is 0.434 e. The van der Waals surface area contributed by atoms with Crippen LogP contribution in [0.25, 0.3) is 0 Å². The van der Waals surface area contributed by atoms with E-state index in [1.165, 1.54) is 31.0 Å². The highest BCUT2D eigenvalue weighted by Crippen LogP contribution is 2.24. The highest BCUT2D eigenvalue weighted by atomic mass is 127. The monoisotopic (exact) mass is 498 g/mol. The number of ether oxygens (including phenoxy) is 1. The van der Waals surface area contributed by atoms with Gasteiger partial charge in [-0.2, -0.15) is 8.78 Å². The van der Waals surface area contributed by atoms with E-state index in [0.717, 1.165) is 32.6 Å². The maximum atomic E-state index is 14.1. The van der Waals surface area contributed by atoms with Gasteiger partial charge in [-0.1, -0.05) is 6.07 Å². The van der Waals surface area contributed by atoms with Crippen molar-refractivity contribution in [2.45, 2.75) is 38.5 Å². The van der Waals surface area contributed by atoms with Crippen LogP contribution in [0.4, 0.5) is 13.2 Å². The fraction of sp³-hybridized carbons (Fsp3) is 0.611. The standard InChI is InChI=1S/C18H25F3N4O.HI/c1-22-18(25-10-7-13(12-25)24-8-2-3-9-24)23-11-14-15(19)5-4-6-16(14)26-17(20)21;/h4-6,13,17H,2-3,7-12H2,1H3,(H,22,23);1H. The Morgan fingerprint density at radius 3 is 2.70 bits per heavy atom. The number of aliphatic imine (C=N–C) groups is 1. The number of guanidine groups is 1. The van der Waals surface area contributed by atoms with Gasteiger partial charge in [0, 0.05) is 38.3 Å². The second-order valence-electron chi connectivity index (χ2n) is 6.63. The number of hydrogen-bond donors (Lipinski definition) is 1. The molecule has 1 atom stereocenters. The van der Waals surface area contributed by atoms with E-state index in [2.05, 4.69) is 24.8 Å². The van der Waals surface area contributed by atoms with Crippen LogP contribution in [0.3, 0.4) is 0 Å². The number of rotatable bonds is 5. The minimum Gasteiger partial charge on any atom is -0.434 e. The third kappa shape index (κ3) is 5.63. The van der Waals surface area contributed by atoms with Crippen LogP contribution in [0.1, 0.15) is 24.8 Å². The van der Waals surface area contributed by atoms with Gasteiger partial charge >= 0.3 is 6.61 Å². The maximum Gasteiger partial charge on any atom is 0.387 e. The maximum absolute atomic E-state index is 14.1. The van der Waals surface area contributed by atoms with Crippen molar-refractivity contribution in [2.75, 3.05) is 33.2 Å².